The number of halogens is 4. The summed E-state index contributed by atoms with van der Waals surface area (Å²) in [5, 5.41) is 16.7. The topological polar surface area (TPSA) is 130 Å². The van der Waals surface area contributed by atoms with Gasteiger partial charge in [0.1, 0.15) is 5.88 Å². The summed E-state index contributed by atoms with van der Waals surface area (Å²) in [6, 6.07) is 0. The summed E-state index contributed by atoms with van der Waals surface area (Å²) in [6.45, 7) is 17.4. The largest absolute Gasteiger partial charge is 1.00 e. The van der Waals surface area contributed by atoms with E-state index in [2.05, 4.69) is 123 Å². The highest BCUT2D eigenvalue weighted by molar-refractivity contribution is 6.67. The molecule has 0 saturated heterocycles. The molecule has 0 fully saturated rings. The number of carbonyl (C=O) groups is 4. The number of aliphatic hydroxyl groups excluding tert-OH is 1. The third kappa shape index (κ3) is 157. The van der Waals surface area contributed by atoms with Crippen LogP contribution in [0.1, 0.15) is 534 Å². The molecule has 2 N–H and O–H groups in total. The number of rotatable bonds is 84. The minimum atomic E-state index is -0.656. The lowest BCUT2D eigenvalue weighted by Crippen LogP contribution is -3.00. The summed E-state index contributed by atoms with van der Waals surface area (Å²) in [5.41, 5.74) is 0. The first-order valence-corrected chi connectivity index (χ1v) is 51.0. The molecule has 0 radical (unpaired) electrons. The van der Waals surface area contributed by atoms with Crippen LogP contribution in [0.15, 0.2) is 48.6 Å². The Morgan fingerprint density at radius 3 is 0.667 bits per heavy atom. The lowest BCUT2D eigenvalue weighted by Gasteiger charge is -2.26. The lowest BCUT2D eigenvalue weighted by molar-refractivity contribution is -0.881. The van der Waals surface area contributed by atoms with Gasteiger partial charge in [-0.15, -0.1) is 23.2 Å². The molecule has 0 rings (SSSR count). The molecule has 0 aliphatic heterocycles. The summed E-state index contributed by atoms with van der Waals surface area (Å²) in [5.74, 6) is -1.14. The molecule has 0 spiro atoms. The van der Waals surface area contributed by atoms with Gasteiger partial charge in [-0.05, 0) is 168 Å². The second-order valence-electron chi connectivity index (χ2n) is 33.8. The Morgan fingerprint density at radius 2 is 0.492 bits per heavy atom. The predicted octanol–water partition coefficient (Wildman–Crippen LogP) is 32.9. The first kappa shape index (κ1) is 141. The van der Waals surface area contributed by atoms with Gasteiger partial charge in [0.15, 0.2) is 6.54 Å². The van der Waals surface area contributed by atoms with Crippen LogP contribution in [0.3, 0.4) is 0 Å². The number of alkyl halides is 2. The number of allylic oxidation sites excluding steroid dienone is 8. The summed E-state index contributed by atoms with van der Waals surface area (Å²) in [4.78, 5) is 44.6. The Hall–Kier alpha value is -1.92. The number of quaternary nitrogens is 1. The predicted molar refractivity (Wildman–Crippen MR) is 539 cm³/mol. The molecule has 0 amide bonds. The van der Waals surface area contributed by atoms with Crippen LogP contribution < -0.4 is 12.4 Å². The summed E-state index contributed by atoms with van der Waals surface area (Å²) in [6.07, 6.45) is 114. The van der Waals surface area contributed by atoms with E-state index in [-0.39, 0.29) is 65.8 Å². The van der Waals surface area contributed by atoms with Crippen molar-refractivity contribution in [1.29, 1.82) is 0 Å². The minimum absolute atomic E-state index is 0. The van der Waals surface area contributed by atoms with Crippen molar-refractivity contribution in [3.05, 3.63) is 48.6 Å². The van der Waals surface area contributed by atoms with E-state index in [4.69, 9.17) is 54.5 Å². The SMILES string of the molecule is C.C.C.C.CCCCCCCC/C=C\CCCCCCCCCCCC(=O)O.CCCCCCCC/C=C\CCCCCCCCCCCCO.CCCCCCCC/C=C\CCCCCCCCCCCCOC(=O)CCl.CCCCCCCC/C=C\CCCCCCCCCCCCOC(=O)C[N+](C)(C)CC.CCN(C)C.O=C(Cl)CCl.[Cl-]. The highest BCUT2D eigenvalue weighted by Gasteiger charge is 2.18. The first-order chi connectivity index (χ1) is 56.0. The first-order valence-electron chi connectivity index (χ1n) is 49.6. The fourth-order valence-corrected chi connectivity index (χ4v) is 13.2. The van der Waals surface area contributed by atoms with Crippen molar-refractivity contribution in [2.75, 3.05) is 79.4 Å². The van der Waals surface area contributed by atoms with E-state index in [1.165, 1.54) is 417 Å². The molecule has 726 valence electrons. The molecule has 0 saturated carbocycles. The number of nitrogens with zero attached hydrogens (tertiary/aromatic N) is 2. The molecule has 0 unspecified atom stereocenters. The number of carboxylic acids is 1. The molecule has 0 heterocycles. The number of unbranched alkanes of at least 4 members (excludes halogenated alkanes) is 63. The van der Waals surface area contributed by atoms with E-state index in [9.17, 15) is 19.2 Å². The minimum Gasteiger partial charge on any atom is -1.00 e. The third-order valence-corrected chi connectivity index (χ3v) is 22.2. The van der Waals surface area contributed by atoms with Crippen LogP contribution in [0, 0.1) is 0 Å². The monoisotopic (exact) mass is 1790 g/mol. The van der Waals surface area contributed by atoms with Gasteiger partial charge in [-0.2, -0.15) is 0 Å². The Balaban J connectivity index is -0.000000140. The van der Waals surface area contributed by atoms with Gasteiger partial charge in [0.25, 0.3) is 0 Å². The molecule has 0 aliphatic carbocycles. The van der Waals surface area contributed by atoms with E-state index < -0.39 is 11.2 Å². The number of hydrogen-bond acceptors (Lipinski definition) is 8. The Morgan fingerprint density at radius 1 is 0.308 bits per heavy atom. The van der Waals surface area contributed by atoms with Crippen molar-refractivity contribution in [3.8, 4) is 0 Å². The molecule has 10 nitrogen and oxygen atoms in total. The Bertz CT molecular complexity index is 1950. The van der Waals surface area contributed by atoms with Crippen LogP contribution in [-0.2, 0) is 28.7 Å². The number of aliphatic hydroxyl groups is 1. The molecule has 14 heteroatoms. The number of likely N-dealkylation sites (N-methyl/N-ethyl adjacent to an activating group) is 1. The van der Waals surface area contributed by atoms with Gasteiger partial charge in [0, 0.05) is 13.0 Å². The van der Waals surface area contributed by atoms with Gasteiger partial charge < -0.3 is 41.5 Å². The van der Waals surface area contributed by atoms with E-state index in [1.54, 1.807) is 0 Å². The molecule has 0 atom stereocenters. The Labute approximate surface area is 775 Å². The number of hydrogen-bond donors (Lipinski definition) is 2. The molecule has 0 aromatic rings. The fourth-order valence-electron chi connectivity index (χ4n) is 13.2. The molecule has 0 aliphatic rings. The smallest absolute Gasteiger partial charge is 0.361 e. The molecular weight excluding hydrogens is 1570 g/mol. The quantitative estimate of drug-likeness (QED) is 0.0153. The molecular formula is C106H216Cl4N2O8. The van der Waals surface area contributed by atoms with E-state index in [0.29, 0.717) is 37.3 Å². The van der Waals surface area contributed by atoms with Crippen LogP contribution in [0.4, 0.5) is 0 Å². The van der Waals surface area contributed by atoms with Crippen molar-refractivity contribution < 1.29 is 55.8 Å². The number of ether oxygens (including phenoxy) is 2. The Kier molecular flexibility index (Phi) is 156. The lowest BCUT2D eigenvalue weighted by atomic mass is 10.1. The maximum Gasteiger partial charge on any atom is 0.361 e. The average molecular weight is 1790 g/mol. The van der Waals surface area contributed by atoms with Gasteiger partial charge in [0.2, 0.25) is 5.24 Å². The molecule has 0 bridgehead atoms. The van der Waals surface area contributed by atoms with Crippen LogP contribution in [0.2, 0.25) is 0 Å². The molecule has 0 aromatic carbocycles. The molecule has 0 aromatic heterocycles. The highest BCUT2D eigenvalue weighted by atomic mass is 35.5. The van der Waals surface area contributed by atoms with Gasteiger partial charge in [-0.25, -0.2) is 4.79 Å². The number of carboxylic acid groups (broad SMARTS) is 1. The van der Waals surface area contributed by atoms with Gasteiger partial charge in [-0.3, -0.25) is 14.4 Å². The highest BCUT2D eigenvalue weighted by Crippen LogP contribution is 2.19. The summed E-state index contributed by atoms with van der Waals surface area (Å²) >= 11 is 14.9. The number of carbonyl (C=O) groups excluding carboxylic acids is 3. The van der Waals surface area contributed by atoms with Crippen LogP contribution >= 0.6 is 34.8 Å². The zero-order chi connectivity index (χ0) is 86.0. The summed E-state index contributed by atoms with van der Waals surface area (Å²) < 4.78 is 11.0. The zero-order valence-corrected chi connectivity index (χ0v) is 82.0. The second-order valence-corrected chi connectivity index (χ2v) is 34.7. The van der Waals surface area contributed by atoms with Crippen LogP contribution in [0.25, 0.3) is 0 Å². The van der Waals surface area contributed by atoms with Gasteiger partial charge >= 0.3 is 17.9 Å². The normalized spacial score (nSPS) is 10.9. The van der Waals surface area contributed by atoms with E-state index in [0.717, 1.165) is 51.6 Å². The van der Waals surface area contributed by atoms with Crippen molar-refractivity contribution in [1.82, 2.24) is 4.90 Å². The maximum atomic E-state index is 11.8. The van der Waals surface area contributed by atoms with Crippen molar-refractivity contribution in [2.45, 2.75) is 534 Å². The third-order valence-electron chi connectivity index (χ3n) is 21.4. The number of aliphatic carboxylic acids is 1. The van der Waals surface area contributed by atoms with E-state index in [1.807, 2.05) is 0 Å². The van der Waals surface area contributed by atoms with E-state index >= 15 is 0 Å². The average Bonchev–Trinajstić information content (AvgIpc) is 0.926. The fraction of sp³-hybridized carbons (Fsp3) is 0.887. The second kappa shape index (κ2) is 133. The van der Waals surface area contributed by atoms with Crippen LogP contribution in [0.5, 0.6) is 0 Å². The van der Waals surface area contributed by atoms with Crippen LogP contribution in [-0.4, -0.2) is 122 Å². The van der Waals surface area contributed by atoms with Crippen molar-refractivity contribution in [2.24, 2.45) is 0 Å². The van der Waals surface area contributed by atoms with Crippen molar-refractivity contribution in [3.63, 3.8) is 0 Å². The maximum absolute atomic E-state index is 11.8. The van der Waals surface area contributed by atoms with Crippen molar-refractivity contribution >= 4 is 58.0 Å². The summed E-state index contributed by atoms with van der Waals surface area (Å²) in [7, 11) is 8.24. The van der Waals surface area contributed by atoms with Gasteiger partial charge in [-0.1, -0.05) is 440 Å². The molecule has 120 heavy (non-hydrogen) atoms. The van der Waals surface area contributed by atoms with Gasteiger partial charge in [0.05, 0.1) is 39.7 Å². The standard InChI is InChI=1S/C28H56NO2.C24H45ClO2.C22H42O2.C22H44O.C4H11N.C2H2Cl2O.4CH4.ClH/c1-5-7-8-9-10-11-12-13-14-15-16-17-18-19-20-21-22-23-24-25-26-31-28(30)27-29(3,4)6-2;1-2-3-4-5-6-7-8-9-10-11-12-13-14-15-16-17-18-19-20-21-22-27-24(26)23-25;1-2-3-4-5-6-7-8-9-10-11-12-13-14-15-16-17-18-19-20-21-22(23)24;1-2-3-4-5-6-7-8-9-10-11-12-13-14-15-16-17-18-19-20-21-22-23;1-4-5(2)3;3-1-2(4)5;;;;;/h13-14H,5-12,15-27H2,1-4H3;9-10H,2-8,11-23H2,1H3;9-10H,2-8,11-21H2,1H3,(H,23,24);9-10,23H,2-8,11-22H2,1H3;4H2,1-3H3;1H2;4*1H4;1H/q+1;;;;;;;;;;/p-1/b14-13-;3*10-9-;;;;;;;. The zero-order valence-electron chi connectivity index (χ0n) is 78.9. The number of esters is 2.